The number of aliphatic hydroxyl groups is 1. The van der Waals surface area contributed by atoms with Crippen molar-refractivity contribution in [2.45, 2.75) is 17.6 Å². The van der Waals surface area contributed by atoms with Crippen LogP contribution in [0, 0.1) is 0 Å². The molecule has 7 nitrogen and oxygen atoms in total. The highest BCUT2D eigenvalue weighted by molar-refractivity contribution is 9.10. The smallest absolute Gasteiger partial charge is 0.245 e. The number of ether oxygens (including phenoxy) is 2. The van der Waals surface area contributed by atoms with E-state index in [4.69, 9.17) is 19.0 Å². The van der Waals surface area contributed by atoms with Crippen molar-refractivity contribution in [3.8, 4) is 0 Å². The van der Waals surface area contributed by atoms with E-state index in [1.54, 1.807) is 0 Å². The fraction of sp³-hybridized carbons (Fsp3) is 0.600. The van der Waals surface area contributed by atoms with Gasteiger partial charge in [0.05, 0.1) is 25.9 Å². The number of rotatable bonds is 5. The first-order chi connectivity index (χ1) is 9.03. The lowest BCUT2D eigenvalue weighted by molar-refractivity contribution is -0.0846. The Morgan fingerprint density at radius 3 is 2.84 bits per heavy atom. The highest BCUT2D eigenvalue weighted by Gasteiger charge is 2.24. The van der Waals surface area contributed by atoms with Gasteiger partial charge in [-0.05, 0) is 15.9 Å². The van der Waals surface area contributed by atoms with Gasteiger partial charge in [-0.3, -0.25) is 0 Å². The summed E-state index contributed by atoms with van der Waals surface area (Å²) in [5.41, 5.74) is 0. The SMILES string of the molecule is O=S(=O)(NCC1COCCO1)c1cc(CO)oc1Br. The molecule has 0 saturated carbocycles. The molecule has 1 fully saturated rings. The first-order valence-electron chi connectivity index (χ1n) is 5.61. The van der Waals surface area contributed by atoms with E-state index in [1.165, 1.54) is 6.07 Å². The average Bonchev–Trinajstić information content (AvgIpc) is 2.80. The molecule has 1 unspecified atom stereocenters. The number of hydrogen-bond donors (Lipinski definition) is 2. The van der Waals surface area contributed by atoms with Crippen LogP contribution in [0.2, 0.25) is 0 Å². The number of halogens is 1. The summed E-state index contributed by atoms with van der Waals surface area (Å²) in [5, 5.41) is 8.91. The third-order valence-corrected chi connectivity index (χ3v) is 4.82. The largest absolute Gasteiger partial charge is 0.450 e. The number of nitrogens with one attached hydrogen (secondary N) is 1. The second-order valence-corrected chi connectivity index (χ2v) is 6.38. The summed E-state index contributed by atoms with van der Waals surface area (Å²) < 4.78 is 42.1. The maximum atomic E-state index is 12.0. The number of sulfonamides is 1. The van der Waals surface area contributed by atoms with Crippen LogP contribution < -0.4 is 4.72 Å². The lowest BCUT2D eigenvalue weighted by Gasteiger charge is -2.22. The highest BCUT2D eigenvalue weighted by atomic mass is 79.9. The molecular weight excluding hydrogens is 342 g/mol. The van der Waals surface area contributed by atoms with E-state index in [0.29, 0.717) is 19.8 Å². The molecule has 19 heavy (non-hydrogen) atoms. The Kier molecular flexibility index (Phi) is 4.98. The maximum Gasteiger partial charge on any atom is 0.245 e. The Morgan fingerprint density at radius 2 is 2.26 bits per heavy atom. The molecule has 0 amide bonds. The summed E-state index contributed by atoms with van der Waals surface area (Å²) in [6.07, 6.45) is -0.300. The standard InChI is InChI=1S/C10H14BrNO6S/c11-10-9(3-7(5-13)18-10)19(14,15)12-4-8-6-16-1-2-17-8/h3,8,12-13H,1-2,4-6H2. The quantitative estimate of drug-likeness (QED) is 0.784. The van der Waals surface area contributed by atoms with Crippen molar-refractivity contribution in [1.82, 2.24) is 4.72 Å². The molecule has 1 aliphatic rings. The van der Waals surface area contributed by atoms with Crippen LogP contribution in [0.5, 0.6) is 0 Å². The van der Waals surface area contributed by atoms with Crippen LogP contribution in [-0.2, 0) is 26.1 Å². The monoisotopic (exact) mass is 355 g/mol. The lowest BCUT2D eigenvalue weighted by Crippen LogP contribution is -2.39. The van der Waals surface area contributed by atoms with Crippen molar-refractivity contribution in [1.29, 1.82) is 0 Å². The highest BCUT2D eigenvalue weighted by Crippen LogP contribution is 2.26. The zero-order chi connectivity index (χ0) is 13.9. The van der Waals surface area contributed by atoms with Gasteiger partial charge in [0.2, 0.25) is 10.0 Å². The van der Waals surface area contributed by atoms with E-state index in [2.05, 4.69) is 20.7 Å². The molecule has 9 heteroatoms. The Labute approximate surface area is 119 Å². The minimum atomic E-state index is -3.72. The molecule has 1 aliphatic heterocycles. The lowest BCUT2D eigenvalue weighted by atomic mass is 10.3. The minimum absolute atomic E-state index is 0.0479. The fourth-order valence-corrected chi connectivity index (χ4v) is 3.66. The topological polar surface area (TPSA) is 98.0 Å². The van der Waals surface area contributed by atoms with Crippen molar-refractivity contribution in [3.63, 3.8) is 0 Å². The van der Waals surface area contributed by atoms with Gasteiger partial charge in [-0.1, -0.05) is 0 Å². The summed E-state index contributed by atoms with van der Waals surface area (Å²) in [6, 6.07) is 1.27. The normalized spacial score (nSPS) is 20.6. The molecule has 0 radical (unpaired) electrons. The Morgan fingerprint density at radius 1 is 1.47 bits per heavy atom. The van der Waals surface area contributed by atoms with E-state index >= 15 is 0 Å². The van der Waals surface area contributed by atoms with Gasteiger partial charge in [0.1, 0.15) is 17.3 Å². The molecule has 2 N–H and O–H groups in total. The van der Waals surface area contributed by atoms with Crippen molar-refractivity contribution in [2.75, 3.05) is 26.4 Å². The molecule has 0 spiro atoms. The number of furan rings is 1. The van der Waals surface area contributed by atoms with Crippen LogP contribution in [0.15, 0.2) is 20.0 Å². The molecule has 2 heterocycles. The average molecular weight is 356 g/mol. The third kappa shape index (κ3) is 3.77. The van der Waals surface area contributed by atoms with Crippen LogP contribution in [0.3, 0.4) is 0 Å². The van der Waals surface area contributed by atoms with Gasteiger partial charge in [0.15, 0.2) is 4.67 Å². The molecular formula is C10H14BrNO6S. The predicted octanol–water partition coefficient (Wildman–Crippen LogP) is 0.228. The van der Waals surface area contributed by atoms with E-state index in [1.807, 2.05) is 0 Å². The van der Waals surface area contributed by atoms with Gasteiger partial charge in [-0.25, -0.2) is 13.1 Å². The van der Waals surface area contributed by atoms with E-state index < -0.39 is 10.0 Å². The first kappa shape index (κ1) is 14.9. The zero-order valence-electron chi connectivity index (χ0n) is 9.96. The van der Waals surface area contributed by atoms with Gasteiger partial charge >= 0.3 is 0 Å². The summed E-state index contributed by atoms with van der Waals surface area (Å²) in [7, 11) is -3.72. The molecule has 108 valence electrons. The van der Waals surface area contributed by atoms with Crippen LogP contribution >= 0.6 is 15.9 Å². The maximum absolute atomic E-state index is 12.0. The van der Waals surface area contributed by atoms with E-state index in [-0.39, 0.29) is 34.6 Å². The molecule has 2 rings (SSSR count). The molecule has 1 saturated heterocycles. The van der Waals surface area contributed by atoms with Crippen molar-refractivity contribution < 1.29 is 27.4 Å². The summed E-state index contributed by atoms with van der Waals surface area (Å²) >= 11 is 3.01. The molecule has 1 atom stereocenters. The van der Waals surface area contributed by atoms with Crippen LogP contribution in [-0.4, -0.2) is 46.0 Å². The first-order valence-corrected chi connectivity index (χ1v) is 7.88. The molecule has 1 aromatic heterocycles. The summed E-state index contributed by atoms with van der Waals surface area (Å²) in [4.78, 5) is -0.0479. The van der Waals surface area contributed by atoms with E-state index in [9.17, 15) is 8.42 Å². The Balaban J connectivity index is 2.02. The van der Waals surface area contributed by atoms with Crippen LogP contribution in [0.25, 0.3) is 0 Å². The number of aliphatic hydroxyl groups excluding tert-OH is 1. The predicted molar refractivity (Wildman–Crippen MR) is 68.1 cm³/mol. The molecule has 0 bridgehead atoms. The second-order valence-electron chi connectivity index (χ2n) is 3.93. The Bertz CT molecular complexity index is 522. The summed E-state index contributed by atoms with van der Waals surface area (Å²) in [5.74, 6) is 0.171. The zero-order valence-corrected chi connectivity index (χ0v) is 12.4. The van der Waals surface area contributed by atoms with Gasteiger partial charge in [-0.2, -0.15) is 0 Å². The molecule has 0 aliphatic carbocycles. The van der Waals surface area contributed by atoms with Gasteiger partial charge < -0.3 is 19.0 Å². The Hall–Kier alpha value is -0.450. The fourth-order valence-electron chi connectivity index (χ4n) is 1.59. The van der Waals surface area contributed by atoms with Crippen molar-refractivity contribution in [3.05, 3.63) is 16.5 Å². The minimum Gasteiger partial charge on any atom is -0.450 e. The van der Waals surface area contributed by atoms with Gasteiger partial charge in [0.25, 0.3) is 0 Å². The summed E-state index contributed by atoms with van der Waals surface area (Å²) in [6.45, 7) is 1.09. The van der Waals surface area contributed by atoms with Crippen molar-refractivity contribution >= 4 is 26.0 Å². The van der Waals surface area contributed by atoms with Crippen LogP contribution in [0.1, 0.15) is 5.76 Å². The second kappa shape index (κ2) is 6.33. The van der Waals surface area contributed by atoms with Gasteiger partial charge in [0, 0.05) is 12.6 Å². The number of hydrogen-bond acceptors (Lipinski definition) is 6. The van der Waals surface area contributed by atoms with Crippen LogP contribution in [0.4, 0.5) is 0 Å². The molecule has 1 aromatic rings. The molecule has 0 aromatic carbocycles. The third-order valence-electron chi connectivity index (χ3n) is 2.54. The van der Waals surface area contributed by atoms with Gasteiger partial charge in [-0.15, -0.1) is 0 Å². The van der Waals surface area contributed by atoms with E-state index in [0.717, 1.165) is 0 Å². The van der Waals surface area contributed by atoms with Crippen molar-refractivity contribution in [2.24, 2.45) is 0 Å².